The Kier molecular flexibility index (Phi) is 6.48. The first-order chi connectivity index (χ1) is 12.1. The topological polar surface area (TPSA) is 69.4 Å². The van der Waals surface area contributed by atoms with E-state index in [2.05, 4.69) is 4.74 Å². The molecule has 0 unspecified atom stereocenters. The fourth-order valence-electron chi connectivity index (χ4n) is 2.26. The Morgan fingerprint density at radius 3 is 1.84 bits per heavy atom. The maximum atomic E-state index is 11.2. The minimum Gasteiger partial charge on any atom is -0.465 e. The predicted molar refractivity (Wildman–Crippen MR) is 98.2 cm³/mol. The zero-order chi connectivity index (χ0) is 18.1. The Morgan fingerprint density at radius 1 is 0.760 bits per heavy atom. The summed E-state index contributed by atoms with van der Waals surface area (Å²) in [5.74, 6) is -0.685. The van der Waals surface area contributed by atoms with Crippen LogP contribution in [0.2, 0.25) is 0 Å². The molecule has 0 spiro atoms. The molecular weight excluding hydrogens is 314 g/mol. The summed E-state index contributed by atoms with van der Waals surface area (Å²) in [6.45, 7) is 0. The highest BCUT2D eigenvalue weighted by Crippen LogP contribution is 2.22. The van der Waals surface area contributed by atoms with Gasteiger partial charge in [-0.1, -0.05) is 66.7 Å². The van der Waals surface area contributed by atoms with E-state index in [-0.39, 0.29) is 5.97 Å². The van der Waals surface area contributed by atoms with Crippen molar-refractivity contribution < 1.29 is 14.3 Å². The second-order valence-electron chi connectivity index (χ2n) is 5.13. The highest BCUT2D eigenvalue weighted by molar-refractivity contribution is 5.99. The van der Waals surface area contributed by atoms with Crippen molar-refractivity contribution in [3.8, 4) is 11.1 Å². The summed E-state index contributed by atoms with van der Waals surface area (Å²) in [6.07, 6.45) is 0. The Morgan fingerprint density at radius 2 is 1.28 bits per heavy atom. The number of primary amides is 1. The lowest BCUT2D eigenvalue weighted by Crippen LogP contribution is -2.12. The van der Waals surface area contributed by atoms with Crippen molar-refractivity contribution in [3.05, 3.63) is 96.1 Å². The molecule has 0 saturated carbocycles. The third kappa shape index (κ3) is 5.04. The minimum atomic E-state index is -0.394. The summed E-state index contributed by atoms with van der Waals surface area (Å²) in [5.41, 5.74) is 8.35. The van der Waals surface area contributed by atoms with Gasteiger partial charge in [-0.15, -0.1) is 0 Å². The molecule has 25 heavy (non-hydrogen) atoms. The fraction of sp³-hybridized carbons (Fsp3) is 0.0476. The lowest BCUT2D eigenvalue weighted by atomic mass is 9.99. The summed E-state index contributed by atoms with van der Waals surface area (Å²) in [7, 11) is 1.37. The number of amides is 1. The molecule has 0 heterocycles. The number of benzene rings is 3. The molecule has 0 bridgehead atoms. The maximum absolute atomic E-state index is 11.2. The summed E-state index contributed by atoms with van der Waals surface area (Å²) in [4.78, 5) is 22.0. The maximum Gasteiger partial charge on any atom is 0.337 e. The van der Waals surface area contributed by atoms with E-state index in [1.165, 1.54) is 7.11 Å². The van der Waals surface area contributed by atoms with Crippen molar-refractivity contribution in [2.24, 2.45) is 5.73 Å². The van der Waals surface area contributed by atoms with Gasteiger partial charge in [-0.05, 0) is 29.3 Å². The first-order valence-corrected chi connectivity index (χ1v) is 7.71. The standard InChI is InChI=1S/C13H11NO.C8H8O2/c14-13(15)12-9-5-4-8-11(12)10-6-2-1-3-7-10;1-10-8(9)7-5-3-2-4-6-7/h1-9H,(H2,14,15);2-6H,1H3. The number of carbonyl (C=O) groups excluding carboxylic acids is 2. The van der Waals surface area contributed by atoms with Gasteiger partial charge in [0.1, 0.15) is 0 Å². The van der Waals surface area contributed by atoms with Crippen molar-refractivity contribution in [1.29, 1.82) is 0 Å². The SMILES string of the molecule is COC(=O)c1ccccc1.NC(=O)c1ccccc1-c1ccccc1. The van der Waals surface area contributed by atoms with Crippen LogP contribution in [0.4, 0.5) is 0 Å². The fourth-order valence-corrected chi connectivity index (χ4v) is 2.26. The Balaban J connectivity index is 0.000000196. The number of nitrogens with two attached hydrogens (primary N) is 1. The zero-order valence-corrected chi connectivity index (χ0v) is 13.9. The molecule has 3 aromatic rings. The van der Waals surface area contributed by atoms with Crippen molar-refractivity contribution in [1.82, 2.24) is 0 Å². The van der Waals surface area contributed by atoms with Gasteiger partial charge in [-0.25, -0.2) is 4.79 Å². The molecule has 3 rings (SSSR count). The second-order valence-corrected chi connectivity index (χ2v) is 5.13. The highest BCUT2D eigenvalue weighted by Gasteiger charge is 2.07. The number of methoxy groups -OCH3 is 1. The number of esters is 1. The van der Waals surface area contributed by atoms with Gasteiger partial charge in [0.05, 0.1) is 12.7 Å². The van der Waals surface area contributed by atoms with Crippen LogP contribution in [0.3, 0.4) is 0 Å². The van der Waals surface area contributed by atoms with Crippen LogP contribution >= 0.6 is 0 Å². The Bertz CT molecular complexity index is 830. The predicted octanol–water partition coefficient (Wildman–Crippen LogP) is 3.93. The van der Waals surface area contributed by atoms with E-state index < -0.39 is 5.91 Å². The van der Waals surface area contributed by atoms with E-state index in [0.717, 1.165) is 11.1 Å². The van der Waals surface area contributed by atoms with Crippen LogP contribution in [0.25, 0.3) is 11.1 Å². The molecule has 0 aliphatic heterocycles. The van der Waals surface area contributed by atoms with Crippen molar-refractivity contribution in [2.45, 2.75) is 0 Å². The number of rotatable bonds is 3. The van der Waals surface area contributed by atoms with E-state index in [9.17, 15) is 9.59 Å². The van der Waals surface area contributed by atoms with Gasteiger partial charge in [0, 0.05) is 5.56 Å². The van der Waals surface area contributed by atoms with Crippen LogP contribution < -0.4 is 5.73 Å². The molecule has 0 radical (unpaired) electrons. The Labute approximate surface area is 146 Å². The van der Waals surface area contributed by atoms with E-state index in [4.69, 9.17) is 5.73 Å². The minimum absolute atomic E-state index is 0.291. The van der Waals surface area contributed by atoms with Crippen molar-refractivity contribution in [3.63, 3.8) is 0 Å². The molecule has 4 heteroatoms. The molecule has 0 aliphatic rings. The van der Waals surface area contributed by atoms with Gasteiger partial charge in [0.15, 0.2) is 0 Å². The van der Waals surface area contributed by atoms with Gasteiger partial charge in [0.2, 0.25) is 5.91 Å². The zero-order valence-electron chi connectivity index (χ0n) is 13.9. The quantitative estimate of drug-likeness (QED) is 0.738. The first-order valence-electron chi connectivity index (χ1n) is 7.71. The molecule has 1 amide bonds. The van der Waals surface area contributed by atoms with E-state index in [1.807, 2.05) is 54.6 Å². The third-order valence-corrected chi connectivity index (χ3v) is 3.47. The van der Waals surface area contributed by atoms with E-state index in [0.29, 0.717) is 11.1 Å². The number of carbonyl (C=O) groups is 2. The van der Waals surface area contributed by atoms with E-state index >= 15 is 0 Å². The van der Waals surface area contributed by atoms with Crippen LogP contribution in [0.15, 0.2) is 84.9 Å². The largest absolute Gasteiger partial charge is 0.465 e. The average Bonchev–Trinajstić information content (AvgIpc) is 2.69. The molecular formula is C21H19NO3. The van der Waals surface area contributed by atoms with Crippen molar-refractivity contribution >= 4 is 11.9 Å². The molecule has 0 saturated heterocycles. The van der Waals surface area contributed by atoms with Gasteiger partial charge in [-0.2, -0.15) is 0 Å². The van der Waals surface area contributed by atoms with Crippen molar-refractivity contribution in [2.75, 3.05) is 7.11 Å². The first kappa shape index (κ1) is 17.9. The van der Waals surface area contributed by atoms with Crippen LogP contribution in [0.1, 0.15) is 20.7 Å². The molecule has 2 N–H and O–H groups in total. The summed E-state index contributed by atoms with van der Waals surface area (Å²) in [5, 5.41) is 0. The molecule has 4 nitrogen and oxygen atoms in total. The molecule has 0 fully saturated rings. The van der Waals surface area contributed by atoms with Gasteiger partial charge < -0.3 is 10.5 Å². The van der Waals surface area contributed by atoms with Gasteiger partial charge >= 0.3 is 5.97 Å². The molecule has 0 aliphatic carbocycles. The number of hydrogen-bond acceptors (Lipinski definition) is 3. The van der Waals surface area contributed by atoms with Crippen LogP contribution in [0, 0.1) is 0 Å². The van der Waals surface area contributed by atoms with Gasteiger partial charge in [0.25, 0.3) is 0 Å². The number of hydrogen-bond donors (Lipinski definition) is 1. The molecule has 126 valence electrons. The van der Waals surface area contributed by atoms with Crippen LogP contribution in [-0.2, 0) is 4.74 Å². The summed E-state index contributed by atoms with van der Waals surface area (Å²) >= 11 is 0. The average molecular weight is 333 g/mol. The van der Waals surface area contributed by atoms with Crippen LogP contribution in [-0.4, -0.2) is 19.0 Å². The third-order valence-electron chi connectivity index (χ3n) is 3.47. The Hall–Kier alpha value is -3.40. The molecule has 3 aromatic carbocycles. The smallest absolute Gasteiger partial charge is 0.337 e. The molecule has 0 atom stereocenters. The monoisotopic (exact) mass is 333 g/mol. The summed E-state index contributed by atoms with van der Waals surface area (Å²) < 4.78 is 4.50. The molecule has 0 aromatic heterocycles. The van der Waals surface area contributed by atoms with E-state index in [1.54, 1.807) is 30.3 Å². The van der Waals surface area contributed by atoms with Gasteiger partial charge in [-0.3, -0.25) is 4.79 Å². The second kappa shape index (κ2) is 9.03. The normalized spacial score (nSPS) is 9.48. The highest BCUT2D eigenvalue weighted by atomic mass is 16.5. The van der Waals surface area contributed by atoms with Crippen LogP contribution in [0.5, 0.6) is 0 Å². The number of ether oxygens (including phenoxy) is 1. The lowest BCUT2D eigenvalue weighted by molar-refractivity contribution is 0.0600. The summed E-state index contributed by atoms with van der Waals surface area (Å²) in [6, 6.07) is 26.0. The lowest BCUT2D eigenvalue weighted by Gasteiger charge is -2.05.